The number of rotatable bonds is 6. The highest BCUT2D eigenvalue weighted by Gasteiger charge is 2.22. The van der Waals surface area contributed by atoms with E-state index < -0.39 is 0 Å². The Morgan fingerprint density at radius 1 is 1.09 bits per heavy atom. The van der Waals surface area contributed by atoms with Crippen LogP contribution in [-0.4, -0.2) is 31.4 Å². The van der Waals surface area contributed by atoms with E-state index in [2.05, 4.69) is 22.9 Å². The summed E-state index contributed by atoms with van der Waals surface area (Å²) >= 11 is 0. The van der Waals surface area contributed by atoms with Gasteiger partial charge in [-0.2, -0.15) is 0 Å². The van der Waals surface area contributed by atoms with Gasteiger partial charge in [-0.25, -0.2) is 0 Å². The molecule has 0 spiro atoms. The molecule has 2 atom stereocenters. The molecule has 126 valence electrons. The third-order valence-corrected chi connectivity index (χ3v) is 4.51. The SMILES string of the molecule is CNC(=O)Cc1ccc(NCC(=O)N[C@H]2CCCC[C@@H]2C)cc1. The molecule has 1 aliphatic carbocycles. The molecule has 5 heteroatoms. The average molecular weight is 317 g/mol. The lowest BCUT2D eigenvalue weighted by Gasteiger charge is -2.29. The van der Waals surface area contributed by atoms with Crippen molar-refractivity contribution in [2.45, 2.75) is 45.1 Å². The molecule has 2 rings (SSSR count). The molecular weight excluding hydrogens is 290 g/mol. The molecule has 0 unspecified atom stereocenters. The van der Waals surface area contributed by atoms with Crippen molar-refractivity contribution in [1.82, 2.24) is 10.6 Å². The largest absolute Gasteiger partial charge is 0.376 e. The fraction of sp³-hybridized carbons (Fsp3) is 0.556. The molecule has 2 amide bonds. The fourth-order valence-corrected chi connectivity index (χ4v) is 2.99. The fourth-order valence-electron chi connectivity index (χ4n) is 2.99. The number of carbonyl (C=O) groups excluding carboxylic acids is 2. The Morgan fingerprint density at radius 3 is 2.43 bits per heavy atom. The maximum absolute atomic E-state index is 12.1. The van der Waals surface area contributed by atoms with Gasteiger partial charge in [-0.05, 0) is 36.5 Å². The van der Waals surface area contributed by atoms with E-state index >= 15 is 0 Å². The summed E-state index contributed by atoms with van der Waals surface area (Å²) in [4.78, 5) is 23.4. The van der Waals surface area contributed by atoms with Crippen LogP contribution in [0, 0.1) is 5.92 Å². The van der Waals surface area contributed by atoms with E-state index in [1.807, 2.05) is 24.3 Å². The Morgan fingerprint density at radius 2 is 1.78 bits per heavy atom. The van der Waals surface area contributed by atoms with Crippen molar-refractivity contribution in [1.29, 1.82) is 0 Å². The molecule has 23 heavy (non-hydrogen) atoms. The highest BCUT2D eigenvalue weighted by Crippen LogP contribution is 2.23. The Kier molecular flexibility index (Phi) is 6.44. The topological polar surface area (TPSA) is 70.2 Å². The lowest BCUT2D eigenvalue weighted by Crippen LogP contribution is -2.43. The minimum Gasteiger partial charge on any atom is -0.376 e. The number of hydrogen-bond acceptors (Lipinski definition) is 3. The second-order valence-electron chi connectivity index (χ2n) is 6.34. The van der Waals surface area contributed by atoms with Crippen LogP contribution in [0.25, 0.3) is 0 Å². The zero-order valence-corrected chi connectivity index (χ0v) is 14.0. The molecule has 3 N–H and O–H groups in total. The van der Waals surface area contributed by atoms with E-state index in [9.17, 15) is 9.59 Å². The predicted molar refractivity (Wildman–Crippen MR) is 92.3 cm³/mol. The van der Waals surface area contributed by atoms with Gasteiger partial charge in [-0.3, -0.25) is 9.59 Å². The summed E-state index contributed by atoms with van der Waals surface area (Å²) < 4.78 is 0. The minimum atomic E-state index is -0.00770. The van der Waals surface area contributed by atoms with Crippen LogP contribution >= 0.6 is 0 Å². The first kappa shape index (κ1) is 17.3. The van der Waals surface area contributed by atoms with Gasteiger partial charge < -0.3 is 16.0 Å². The van der Waals surface area contributed by atoms with Crippen molar-refractivity contribution >= 4 is 17.5 Å². The number of likely N-dealkylation sites (N-methyl/N-ethyl adjacent to an activating group) is 1. The smallest absolute Gasteiger partial charge is 0.239 e. The third kappa shape index (κ3) is 5.58. The summed E-state index contributed by atoms with van der Waals surface area (Å²) in [6.45, 7) is 2.49. The van der Waals surface area contributed by atoms with Crippen molar-refractivity contribution in [2.24, 2.45) is 5.92 Å². The quantitative estimate of drug-likeness (QED) is 0.752. The molecule has 0 bridgehead atoms. The van der Waals surface area contributed by atoms with Crippen molar-refractivity contribution < 1.29 is 9.59 Å². The summed E-state index contributed by atoms with van der Waals surface area (Å²) in [5.74, 6) is 0.599. The first-order chi connectivity index (χ1) is 11.1. The molecule has 0 radical (unpaired) electrons. The number of hydrogen-bond donors (Lipinski definition) is 3. The summed E-state index contributed by atoms with van der Waals surface area (Å²) in [6.07, 6.45) is 5.13. The standard InChI is InChI=1S/C18H27N3O2/c1-13-5-3-4-6-16(13)21-18(23)12-20-15-9-7-14(8-10-15)11-17(22)19-2/h7-10,13,16,20H,3-6,11-12H2,1-2H3,(H,19,22)(H,21,23)/t13-,16-/m0/s1. The van der Waals surface area contributed by atoms with Crippen LogP contribution in [0.15, 0.2) is 24.3 Å². The first-order valence-electron chi connectivity index (χ1n) is 8.41. The summed E-state index contributed by atoms with van der Waals surface area (Å²) in [5, 5.41) is 8.86. The molecule has 1 saturated carbocycles. The Hall–Kier alpha value is -2.04. The Bertz CT molecular complexity index is 528. The number of nitrogens with one attached hydrogen (secondary N) is 3. The van der Waals surface area contributed by atoms with Gasteiger partial charge in [-0.15, -0.1) is 0 Å². The Labute approximate surface area is 138 Å². The van der Waals surface area contributed by atoms with Crippen LogP contribution in [-0.2, 0) is 16.0 Å². The van der Waals surface area contributed by atoms with Crippen molar-refractivity contribution in [3.05, 3.63) is 29.8 Å². The number of anilines is 1. The number of amides is 2. The van der Waals surface area contributed by atoms with Crippen LogP contribution < -0.4 is 16.0 Å². The molecule has 0 heterocycles. The van der Waals surface area contributed by atoms with Gasteiger partial charge in [0.2, 0.25) is 11.8 Å². The second kappa shape index (κ2) is 8.56. The van der Waals surface area contributed by atoms with Crippen molar-refractivity contribution in [3.8, 4) is 0 Å². The summed E-state index contributed by atoms with van der Waals surface area (Å²) in [7, 11) is 1.63. The number of carbonyl (C=O) groups is 2. The minimum absolute atomic E-state index is 0.00770. The van der Waals surface area contributed by atoms with Crippen LogP contribution in [0.3, 0.4) is 0 Å². The van der Waals surface area contributed by atoms with Gasteiger partial charge in [0.25, 0.3) is 0 Å². The van der Waals surface area contributed by atoms with E-state index in [-0.39, 0.29) is 18.4 Å². The summed E-state index contributed by atoms with van der Waals surface area (Å²) in [6, 6.07) is 7.91. The molecular formula is C18H27N3O2. The van der Waals surface area contributed by atoms with Gasteiger partial charge in [0.1, 0.15) is 0 Å². The van der Waals surface area contributed by atoms with Gasteiger partial charge in [-0.1, -0.05) is 31.9 Å². The molecule has 5 nitrogen and oxygen atoms in total. The molecule has 0 aliphatic heterocycles. The van der Waals surface area contributed by atoms with Crippen molar-refractivity contribution in [2.75, 3.05) is 18.9 Å². The van der Waals surface area contributed by atoms with Gasteiger partial charge in [0, 0.05) is 18.8 Å². The van der Waals surface area contributed by atoms with E-state index in [1.54, 1.807) is 7.05 Å². The van der Waals surface area contributed by atoms with E-state index in [0.29, 0.717) is 18.4 Å². The van der Waals surface area contributed by atoms with Crippen LogP contribution in [0.2, 0.25) is 0 Å². The average Bonchev–Trinajstić information content (AvgIpc) is 2.56. The van der Waals surface area contributed by atoms with E-state index in [4.69, 9.17) is 0 Å². The predicted octanol–water partition coefficient (Wildman–Crippen LogP) is 2.08. The molecule has 1 fully saturated rings. The van der Waals surface area contributed by atoms with Gasteiger partial charge in [0.15, 0.2) is 0 Å². The van der Waals surface area contributed by atoms with Crippen LogP contribution in [0.1, 0.15) is 38.2 Å². The maximum atomic E-state index is 12.1. The van der Waals surface area contributed by atoms with Crippen molar-refractivity contribution in [3.63, 3.8) is 0 Å². The molecule has 0 aromatic heterocycles. The zero-order chi connectivity index (χ0) is 16.7. The van der Waals surface area contributed by atoms with Gasteiger partial charge >= 0.3 is 0 Å². The number of benzene rings is 1. The second-order valence-corrected chi connectivity index (χ2v) is 6.34. The lowest BCUT2D eigenvalue weighted by molar-refractivity contribution is -0.121. The van der Waals surface area contributed by atoms with E-state index in [0.717, 1.165) is 17.7 Å². The highest BCUT2D eigenvalue weighted by molar-refractivity contribution is 5.81. The third-order valence-electron chi connectivity index (χ3n) is 4.51. The Balaban J connectivity index is 1.76. The molecule has 1 aromatic rings. The molecule has 0 saturated heterocycles. The monoisotopic (exact) mass is 317 g/mol. The highest BCUT2D eigenvalue weighted by atomic mass is 16.2. The van der Waals surface area contributed by atoms with Crippen LogP contribution in [0.5, 0.6) is 0 Å². The normalized spacial score (nSPS) is 20.6. The summed E-state index contributed by atoms with van der Waals surface area (Å²) in [5.41, 5.74) is 1.84. The van der Waals surface area contributed by atoms with E-state index in [1.165, 1.54) is 19.3 Å². The zero-order valence-electron chi connectivity index (χ0n) is 14.0. The lowest BCUT2D eigenvalue weighted by atomic mass is 9.86. The van der Waals surface area contributed by atoms with Crippen LogP contribution in [0.4, 0.5) is 5.69 Å². The molecule has 1 aromatic carbocycles. The van der Waals surface area contributed by atoms with Gasteiger partial charge in [0.05, 0.1) is 13.0 Å². The maximum Gasteiger partial charge on any atom is 0.239 e. The molecule has 1 aliphatic rings. The first-order valence-corrected chi connectivity index (χ1v) is 8.41.